The van der Waals surface area contributed by atoms with Crippen molar-refractivity contribution in [2.75, 3.05) is 6.54 Å². The topological polar surface area (TPSA) is 83.5 Å². The Kier molecular flexibility index (Phi) is 6.83. The van der Waals surface area contributed by atoms with Crippen LogP contribution in [0.1, 0.15) is 31.7 Å². The van der Waals surface area contributed by atoms with Crippen molar-refractivity contribution in [2.45, 2.75) is 38.0 Å². The van der Waals surface area contributed by atoms with Crippen LogP contribution in [0.25, 0.3) is 0 Å². The minimum absolute atomic E-state index is 0.110. The van der Waals surface area contributed by atoms with E-state index in [1.807, 2.05) is 6.92 Å². The van der Waals surface area contributed by atoms with Gasteiger partial charge in [0.1, 0.15) is 0 Å². The Bertz CT molecular complexity index is 601. The summed E-state index contributed by atoms with van der Waals surface area (Å²) in [5.41, 5.74) is 0.685. The van der Waals surface area contributed by atoms with Crippen LogP contribution < -0.4 is 4.72 Å². The van der Waals surface area contributed by atoms with Gasteiger partial charge in [-0.3, -0.25) is 4.79 Å². The zero-order valence-electron chi connectivity index (χ0n) is 12.1. The van der Waals surface area contributed by atoms with Gasteiger partial charge in [-0.15, -0.1) is 0 Å². The lowest BCUT2D eigenvalue weighted by atomic mass is 10.0. The molecule has 1 rings (SSSR count). The summed E-state index contributed by atoms with van der Waals surface area (Å²) < 4.78 is 27.7. The van der Waals surface area contributed by atoms with Gasteiger partial charge < -0.3 is 5.11 Å². The SMILES string of the molecule is Cc1ccc(Br)cc1S(=O)(=O)NCCC(C)CCC(=O)O. The quantitative estimate of drug-likeness (QED) is 0.729. The number of halogens is 1. The molecule has 118 valence electrons. The minimum atomic E-state index is -3.54. The summed E-state index contributed by atoms with van der Waals surface area (Å²) in [4.78, 5) is 10.7. The Morgan fingerprint density at radius 1 is 1.38 bits per heavy atom. The molecule has 1 aromatic carbocycles. The number of hydrogen-bond donors (Lipinski definition) is 2. The summed E-state index contributed by atoms with van der Waals surface area (Å²) in [6, 6.07) is 5.11. The van der Waals surface area contributed by atoms with Crippen LogP contribution in [0, 0.1) is 12.8 Å². The smallest absolute Gasteiger partial charge is 0.303 e. The van der Waals surface area contributed by atoms with Crippen molar-refractivity contribution in [3.05, 3.63) is 28.2 Å². The maximum Gasteiger partial charge on any atom is 0.303 e. The van der Waals surface area contributed by atoms with Gasteiger partial charge in [0.25, 0.3) is 0 Å². The number of nitrogens with one attached hydrogen (secondary N) is 1. The number of benzene rings is 1. The Hall–Kier alpha value is -0.920. The van der Waals surface area contributed by atoms with Gasteiger partial charge in [-0.05, 0) is 43.4 Å². The van der Waals surface area contributed by atoms with Gasteiger partial charge in [0.15, 0.2) is 0 Å². The fourth-order valence-corrected chi connectivity index (χ4v) is 3.72. The lowest BCUT2D eigenvalue weighted by molar-refractivity contribution is -0.137. The highest BCUT2D eigenvalue weighted by Gasteiger charge is 2.17. The summed E-state index contributed by atoms with van der Waals surface area (Å²) in [7, 11) is -3.54. The van der Waals surface area contributed by atoms with E-state index in [2.05, 4.69) is 20.7 Å². The van der Waals surface area contributed by atoms with E-state index in [1.54, 1.807) is 25.1 Å². The highest BCUT2D eigenvalue weighted by molar-refractivity contribution is 9.10. The molecule has 0 spiro atoms. The van der Waals surface area contributed by atoms with E-state index in [-0.39, 0.29) is 17.2 Å². The number of carboxylic acids is 1. The van der Waals surface area contributed by atoms with Crippen LogP contribution in [0.15, 0.2) is 27.6 Å². The maximum absolute atomic E-state index is 12.2. The van der Waals surface area contributed by atoms with Gasteiger partial charge in [0, 0.05) is 17.4 Å². The Morgan fingerprint density at radius 2 is 2.05 bits per heavy atom. The van der Waals surface area contributed by atoms with Gasteiger partial charge in [-0.25, -0.2) is 13.1 Å². The summed E-state index contributed by atoms with van der Waals surface area (Å²) >= 11 is 3.27. The number of hydrogen-bond acceptors (Lipinski definition) is 3. The van der Waals surface area contributed by atoms with E-state index in [9.17, 15) is 13.2 Å². The lowest BCUT2D eigenvalue weighted by Crippen LogP contribution is -2.26. The molecule has 1 aromatic rings. The standard InChI is InChI=1S/C14H20BrNO4S/c1-10(3-6-14(17)18)7-8-16-21(19,20)13-9-12(15)5-4-11(13)2/h4-5,9-10,16H,3,6-8H2,1-2H3,(H,17,18). The monoisotopic (exact) mass is 377 g/mol. The molecular weight excluding hydrogens is 358 g/mol. The Labute approximate surface area is 133 Å². The van der Waals surface area contributed by atoms with E-state index in [0.717, 1.165) is 0 Å². The Morgan fingerprint density at radius 3 is 2.67 bits per heavy atom. The second-order valence-corrected chi connectivity index (χ2v) is 7.78. The third kappa shape index (κ3) is 6.15. The molecule has 0 amide bonds. The molecule has 0 aliphatic heterocycles. The van der Waals surface area contributed by atoms with Crippen LogP contribution in [0.3, 0.4) is 0 Å². The number of carboxylic acid groups (broad SMARTS) is 1. The number of rotatable bonds is 8. The van der Waals surface area contributed by atoms with Crippen LogP contribution >= 0.6 is 15.9 Å². The number of sulfonamides is 1. The summed E-state index contributed by atoms with van der Waals surface area (Å²) in [5.74, 6) is -0.667. The normalized spacial score (nSPS) is 13.1. The van der Waals surface area contributed by atoms with Crippen LogP contribution in [0.5, 0.6) is 0 Å². The Balaban J connectivity index is 2.57. The van der Waals surface area contributed by atoms with E-state index in [0.29, 0.717) is 29.4 Å². The average Bonchev–Trinajstić information content (AvgIpc) is 2.39. The van der Waals surface area contributed by atoms with Crippen LogP contribution in [-0.2, 0) is 14.8 Å². The predicted molar refractivity (Wildman–Crippen MR) is 84.7 cm³/mol. The first kappa shape index (κ1) is 18.1. The maximum atomic E-state index is 12.2. The molecule has 5 nitrogen and oxygen atoms in total. The van der Waals surface area contributed by atoms with Crippen molar-refractivity contribution in [3.8, 4) is 0 Å². The van der Waals surface area contributed by atoms with Crippen molar-refractivity contribution in [1.82, 2.24) is 4.72 Å². The highest BCUT2D eigenvalue weighted by atomic mass is 79.9. The van der Waals surface area contributed by atoms with E-state index in [1.165, 1.54) is 0 Å². The third-order valence-corrected chi connectivity index (χ3v) is 5.32. The van der Waals surface area contributed by atoms with Gasteiger partial charge in [0.2, 0.25) is 10.0 Å². The fraction of sp³-hybridized carbons (Fsp3) is 0.500. The summed E-state index contributed by atoms with van der Waals surface area (Å²) in [5, 5.41) is 8.61. The molecule has 1 unspecified atom stereocenters. The van der Waals surface area contributed by atoms with Crippen molar-refractivity contribution < 1.29 is 18.3 Å². The molecule has 21 heavy (non-hydrogen) atoms. The summed E-state index contributed by atoms with van der Waals surface area (Å²) in [6.45, 7) is 3.97. The van der Waals surface area contributed by atoms with Crippen molar-refractivity contribution >= 4 is 31.9 Å². The molecule has 2 N–H and O–H groups in total. The van der Waals surface area contributed by atoms with Crippen LogP contribution in [0.4, 0.5) is 0 Å². The van der Waals surface area contributed by atoms with E-state index in [4.69, 9.17) is 5.11 Å². The van der Waals surface area contributed by atoms with Crippen LogP contribution in [0.2, 0.25) is 0 Å². The van der Waals surface area contributed by atoms with Crippen molar-refractivity contribution in [2.24, 2.45) is 5.92 Å². The lowest BCUT2D eigenvalue weighted by Gasteiger charge is -2.12. The third-order valence-electron chi connectivity index (χ3n) is 3.22. The molecule has 0 saturated heterocycles. The van der Waals surface area contributed by atoms with Gasteiger partial charge in [-0.1, -0.05) is 28.9 Å². The van der Waals surface area contributed by atoms with Gasteiger partial charge >= 0.3 is 5.97 Å². The van der Waals surface area contributed by atoms with Gasteiger partial charge in [-0.2, -0.15) is 0 Å². The molecule has 7 heteroatoms. The zero-order valence-corrected chi connectivity index (χ0v) is 14.5. The molecule has 0 aromatic heterocycles. The molecule has 0 fully saturated rings. The molecule has 0 bridgehead atoms. The summed E-state index contributed by atoms with van der Waals surface area (Å²) in [6.07, 6.45) is 1.27. The van der Waals surface area contributed by atoms with Crippen molar-refractivity contribution in [1.29, 1.82) is 0 Å². The first-order valence-corrected chi connectivity index (χ1v) is 8.97. The van der Waals surface area contributed by atoms with E-state index < -0.39 is 16.0 Å². The molecule has 0 aliphatic rings. The molecule has 0 saturated carbocycles. The van der Waals surface area contributed by atoms with Crippen LogP contribution in [-0.4, -0.2) is 26.0 Å². The predicted octanol–water partition coefficient (Wildman–Crippen LogP) is 2.93. The minimum Gasteiger partial charge on any atom is -0.481 e. The van der Waals surface area contributed by atoms with E-state index >= 15 is 0 Å². The zero-order chi connectivity index (χ0) is 16.0. The molecule has 0 aliphatic carbocycles. The largest absolute Gasteiger partial charge is 0.481 e. The highest BCUT2D eigenvalue weighted by Crippen LogP contribution is 2.20. The first-order valence-electron chi connectivity index (χ1n) is 6.70. The molecule has 0 radical (unpaired) electrons. The number of aliphatic carboxylic acids is 1. The first-order chi connectivity index (χ1) is 9.72. The van der Waals surface area contributed by atoms with Gasteiger partial charge in [0.05, 0.1) is 4.90 Å². The average molecular weight is 378 g/mol. The second kappa shape index (κ2) is 7.91. The molecular formula is C14H20BrNO4S. The second-order valence-electron chi connectivity index (χ2n) is 5.13. The molecule has 0 heterocycles. The number of aryl methyl sites for hydroxylation is 1. The fourth-order valence-electron chi connectivity index (χ4n) is 1.90. The molecule has 1 atom stereocenters. The van der Waals surface area contributed by atoms with Crippen molar-refractivity contribution in [3.63, 3.8) is 0 Å². The number of carbonyl (C=O) groups is 1.